The third-order valence-corrected chi connectivity index (χ3v) is 5.20. The summed E-state index contributed by atoms with van der Waals surface area (Å²) in [6.45, 7) is 0.510. The van der Waals surface area contributed by atoms with Crippen LogP contribution >= 0.6 is 0 Å². The van der Waals surface area contributed by atoms with Crippen LogP contribution in [0, 0.1) is 11.2 Å². The zero-order valence-corrected chi connectivity index (χ0v) is 14.0. The number of hydrogen-bond donors (Lipinski definition) is 2. The van der Waals surface area contributed by atoms with Crippen LogP contribution in [-0.4, -0.2) is 38.9 Å². The van der Waals surface area contributed by atoms with Crippen LogP contribution in [-0.2, 0) is 21.1 Å². The number of nitrogens with two attached hydrogens (primary N) is 1. The zero-order valence-electron chi connectivity index (χ0n) is 13.2. The molecule has 128 valence electrons. The average Bonchev–Trinajstić information content (AvgIpc) is 3.24. The van der Waals surface area contributed by atoms with Crippen LogP contribution in [0.3, 0.4) is 0 Å². The molecule has 1 amide bonds. The number of sulfone groups is 1. The lowest BCUT2D eigenvalue weighted by molar-refractivity contribution is -0.122. The van der Waals surface area contributed by atoms with E-state index in [2.05, 4.69) is 5.32 Å². The normalized spacial score (nSPS) is 17.5. The Bertz CT molecular complexity index is 654. The predicted octanol–water partition coefficient (Wildman–Crippen LogP) is 1.03. The molecule has 0 heterocycles. The maximum Gasteiger partial charge on any atom is 0.236 e. The molecule has 1 aromatic rings. The summed E-state index contributed by atoms with van der Waals surface area (Å²) in [7, 11) is -3.12. The first kappa shape index (κ1) is 17.9. The van der Waals surface area contributed by atoms with Crippen LogP contribution in [0.25, 0.3) is 0 Å². The highest BCUT2D eigenvalue weighted by molar-refractivity contribution is 7.90. The molecule has 1 unspecified atom stereocenters. The number of nitrogens with one attached hydrogen (secondary N) is 1. The quantitative estimate of drug-likeness (QED) is 0.738. The van der Waals surface area contributed by atoms with Gasteiger partial charge < -0.3 is 11.1 Å². The Kier molecular flexibility index (Phi) is 5.41. The molecule has 5 nitrogen and oxygen atoms in total. The molecule has 23 heavy (non-hydrogen) atoms. The van der Waals surface area contributed by atoms with E-state index in [1.54, 1.807) is 12.1 Å². The van der Waals surface area contributed by atoms with Crippen molar-refractivity contribution in [3.63, 3.8) is 0 Å². The molecule has 0 spiro atoms. The molecule has 1 aliphatic rings. The minimum absolute atomic E-state index is 0.0179. The lowest BCUT2D eigenvalue weighted by Crippen LogP contribution is -2.43. The average molecular weight is 342 g/mol. The largest absolute Gasteiger partial charge is 0.354 e. The Morgan fingerprint density at radius 1 is 1.35 bits per heavy atom. The predicted molar refractivity (Wildman–Crippen MR) is 87.1 cm³/mol. The smallest absolute Gasteiger partial charge is 0.236 e. The van der Waals surface area contributed by atoms with Crippen LogP contribution < -0.4 is 11.1 Å². The summed E-state index contributed by atoms with van der Waals surface area (Å²) in [5.74, 6) is -0.676. The van der Waals surface area contributed by atoms with Crippen molar-refractivity contribution in [2.45, 2.75) is 31.7 Å². The number of carbonyl (C=O) groups excluding carboxylic acids is 1. The van der Waals surface area contributed by atoms with Gasteiger partial charge >= 0.3 is 0 Å². The van der Waals surface area contributed by atoms with Crippen molar-refractivity contribution in [3.05, 3.63) is 35.6 Å². The Hall–Kier alpha value is -1.47. The van der Waals surface area contributed by atoms with Gasteiger partial charge in [-0.15, -0.1) is 0 Å². The van der Waals surface area contributed by atoms with E-state index in [4.69, 9.17) is 5.73 Å². The second kappa shape index (κ2) is 6.97. The summed E-state index contributed by atoms with van der Waals surface area (Å²) in [4.78, 5) is 12.0. The van der Waals surface area contributed by atoms with Crippen molar-refractivity contribution in [3.8, 4) is 0 Å². The van der Waals surface area contributed by atoms with Gasteiger partial charge in [-0.25, -0.2) is 12.8 Å². The van der Waals surface area contributed by atoms with Crippen molar-refractivity contribution < 1.29 is 17.6 Å². The number of benzene rings is 1. The summed E-state index contributed by atoms with van der Waals surface area (Å²) in [5.41, 5.74) is 6.78. The fourth-order valence-corrected chi connectivity index (χ4v) is 3.19. The van der Waals surface area contributed by atoms with Gasteiger partial charge in [-0.05, 0) is 48.8 Å². The van der Waals surface area contributed by atoms with Crippen molar-refractivity contribution in [1.29, 1.82) is 0 Å². The molecule has 1 aliphatic carbocycles. The van der Waals surface area contributed by atoms with E-state index in [1.807, 2.05) is 0 Å². The molecule has 1 aromatic carbocycles. The lowest BCUT2D eigenvalue weighted by atomic mass is 9.96. The standard InChI is InChI=1S/C16H23FN2O3S/c1-23(21,22)9-6-14(18)15(20)19-11-16(7-8-16)10-12-2-4-13(17)5-3-12/h2-5,14H,6-11,18H2,1H3,(H,19,20). The van der Waals surface area contributed by atoms with Crippen LogP contribution in [0.4, 0.5) is 4.39 Å². The van der Waals surface area contributed by atoms with Gasteiger partial charge in [0.15, 0.2) is 0 Å². The Balaban J connectivity index is 1.80. The molecule has 1 saturated carbocycles. The maximum absolute atomic E-state index is 12.9. The van der Waals surface area contributed by atoms with Gasteiger partial charge in [-0.3, -0.25) is 4.79 Å². The molecule has 0 radical (unpaired) electrons. The zero-order chi connectivity index (χ0) is 17.1. The minimum Gasteiger partial charge on any atom is -0.354 e. The van der Waals surface area contributed by atoms with Crippen LogP contribution in [0.5, 0.6) is 0 Å². The molecule has 0 aliphatic heterocycles. The third kappa shape index (κ3) is 5.91. The topological polar surface area (TPSA) is 89.3 Å². The second-order valence-electron chi connectivity index (χ2n) is 6.55. The SMILES string of the molecule is CS(=O)(=O)CCC(N)C(=O)NCC1(Cc2ccc(F)cc2)CC1. The summed E-state index contributed by atoms with van der Waals surface area (Å²) < 4.78 is 35.1. The van der Waals surface area contributed by atoms with E-state index < -0.39 is 15.9 Å². The van der Waals surface area contributed by atoms with Gasteiger partial charge in [0, 0.05) is 12.8 Å². The van der Waals surface area contributed by atoms with Gasteiger partial charge in [0.1, 0.15) is 15.7 Å². The van der Waals surface area contributed by atoms with E-state index in [0.29, 0.717) is 6.54 Å². The molecular weight excluding hydrogens is 319 g/mol. The number of halogens is 1. The molecule has 3 N–H and O–H groups in total. The highest BCUT2D eigenvalue weighted by Crippen LogP contribution is 2.47. The fraction of sp³-hybridized carbons (Fsp3) is 0.562. The van der Waals surface area contributed by atoms with Crippen LogP contribution in [0.15, 0.2) is 24.3 Å². The van der Waals surface area contributed by atoms with Gasteiger partial charge in [-0.2, -0.15) is 0 Å². The van der Waals surface area contributed by atoms with Crippen molar-refractivity contribution in [2.24, 2.45) is 11.1 Å². The third-order valence-electron chi connectivity index (χ3n) is 4.22. The van der Waals surface area contributed by atoms with E-state index in [-0.39, 0.29) is 29.3 Å². The van der Waals surface area contributed by atoms with Gasteiger partial charge in [0.25, 0.3) is 0 Å². The van der Waals surface area contributed by atoms with Crippen molar-refractivity contribution >= 4 is 15.7 Å². The van der Waals surface area contributed by atoms with Gasteiger partial charge in [0.2, 0.25) is 5.91 Å². The molecule has 7 heteroatoms. The highest BCUT2D eigenvalue weighted by atomic mass is 32.2. The van der Waals surface area contributed by atoms with Crippen LogP contribution in [0.1, 0.15) is 24.8 Å². The summed E-state index contributed by atoms with van der Waals surface area (Å²) in [6, 6.07) is 5.58. The first-order valence-electron chi connectivity index (χ1n) is 7.65. The molecule has 0 aromatic heterocycles. The van der Waals surface area contributed by atoms with Gasteiger partial charge in [0.05, 0.1) is 11.8 Å². The molecule has 1 atom stereocenters. The Morgan fingerprint density at radius 2 is 1.96 bits per heavy atom. The van der Waals surface area contributed by atoms with E-state index in [9.17, 15) is 17.6 Å². The van der Waals surface area contributed by atoms with E-state index in [0.717, 1.165) is 31.1 Å². The second-order valence-corrected chi connectivity index (χ2v) is 8.81. The Morgan fingerprint density at radius 3 is 2.48 bits per heavy atom. The number of rotatable bonds is 8. The van der Waals surface area contributed by atoms with E-state index >= 15 is 0 Å². The summed E-state index contributed by atoms with van der Waals surface area (Å²) in [6.07, 6.45) is 4.04. The summed E-state index contributed by atoms with van der Waals surface area (Å²) in [5, 5.41) is 2.82. The Labute approximate surface area is 136 Å². The van der Waals surface area contributed by atoms with E-state index in [1.165, 1.54) is 12.1 Å². The number of amides is 1. The molecule has 0 saturated heterocycles. The lowest BCUT2D eigenvalue weighted by Gasteiger charge is -2.18. The summed E-state index contributed by atoms with van der Waals surface area (Å²) >= 11 is 0. The maximum atomic E-state index is 12.9. The fourth-order valence-electron chi connectivity index (χ4n) is 2.51. The number of hydrogen-bond acceptors (Lipinski definition) is 4. The van der Waals surface area contributed by atoms with Crippen LogP contribution in [0.2, 0.25) is 0 Å². The van der Waals surface area contributed by atoms with Crippen molar-refractivity contribution in [2.75, 3.05) is 18.6 Å². The highest BCUT2D eigenvalue weighted by Gasteiger charge is 2.42. The van der Waals surface area contributed by atoms with Gasteiger partial charge in [-0.1, -0.05) is 12.1 Å². The molecule has 1 fully saturated rings. The van der Waals surface area contributed by atoms with Crippen molar-refractivity contribution in [1.82, 2.24) is 5.32 Å². The monoisotopic (exact) mass is 342 g/mol. The number of carbonyl (C=O) groups is 1. The minimum atomic E-state index is -3.12. The molecular formula is C16H23FN2O3S. The first-order chi connectivity index (χ1) is 10.7. The molecule has 0 bridgehead atoms. The molecule has 2 rings (SSSR count). The first-order valence-corrected chi connectivity index (χ1v) is 9.71.